The van der Waals surface area contributed by atoms with Crippen molar-refractivity contribution < 1.29 is 9.53 Å². The van der Waals surface area contributed by atoms with Crippen molar-refractivity contribution in [2.75, 3.05) is 6.61 Å². The topological polar surface area (TPSA) is 73.9 Å². The Morgan fingerprint density at radius 1 is 1.29 bits per heavy atom. The number of carbonyl (C=O) groups is 1. The number of ether oxygens (including phenoxy) is 1. The molecule has 0 saturated heterocycles. The highest BCUT2D eigenvalue weighted by atomic mass is 16.5. The van der Waals surface area contributed by atoms with Crippen LogP contribution in [0.3, 0.4) is 0 Å². The van der Waals surface area contributed by atoms with Gasteiger partial charge in [0.2, 0.25) is 0 Å². The van der Waals surface area contributed by atoms with Gasteiger partial charge in [-0.25, -0.2) is 0 Å². The predicted molar refractivity (Wildman–Crippen MR) is 49.8 cm³/mol. The second-order valence-corrected chi connectivity index (χ2v) is 2.84. The van der Waals surface area contributed by atoms with E-state index in [0.717, 1.165) is 0 Å². The molecule has 0 aromatic heterocycles. The Kier molecular flexibility index (Phi) is 7.17. The van der Waals surface area contributed by atoms with Gasteiger partial charge in [0, 0.05) is 12.8 Å². The minimum atomic E-state index is -0.297. The third kappa shape index (κ3) is 5.16. The zero-order chi connectivity index (χ0) is 10.8. The molecule has 0 rings (SSSR count). The molecule has 0 amide bonds. The number of nitriles is 2. The highest BCUT2D eigenvalue weighted by molar-refractivity contribution is 5.72. The second kappa shape index (κ2) is 8.07. The van der Waals surface area contributed by atoms with E-state index in [1.54, 1.807) is 6.92 Å². The average Bonchev–Trinajstić information content (AvgIpc) is 2.18. The van der Waals surface area contributed by atoms with E-state index in [0.29, 0.717) is 32.3 Å². The molecule has 0 aliphatic carbocycles. The van der Waals surface area contributed by atoms with Gasteiger partial charge in [0.05, 0.1) is 24.7 Å². The van der Waals surface area contributed by atoms with Gasteiger partial charge in [0.25, 0.3) is 0 Å². The first-order valence-electron chi connectivity index (χ1n) is 4.66. The fourth-order valence-corrected chi connectivity index (χ4v) is 1.12. The van der Waals surface area contributed by atoms with Crippen molar-refractivity contribution in [3.63, 3.8) is 0 Å². The standard InChI is InChI=1S/C10H14N2O2/c1-2-14-10(13)9(5-3-7-11)6-4-8-12/h9H,2-6H2,1H3. The Hall–Kier alpha value is -1.55. The molecule has 14 heavy (non-hydrogen) atoms. The molecule has 0 unspecified atom stereocenters. The van der Waals surface area contributed by atoms with Gasteiger partial charge in [-0.1, -0.05) is 0 Å². The number of carbonyl (C=O) groups excluding carboxylic acids is 1. The molecule has 0 spiro atoms. The monoisotopic (exact) mass is 194 g/mol. The third-order valence-corrected chi connectivity index (χ3v) is 1.83. The van der Waals surface area contributed by atoms with Crippen molar-refractivity contribution in [2.45, 2.75) is 32.6 Å². The molecule has 4 nitrogen and oxygen atoms in total. The van der Waals surface area contributed by atoms with Gasteiger partial charge in [-0.15, -0.1) is 0 Å². The Bertz CT molecular complexity index is 232. The molecule has 76 valence electrons. The largest absolute Gasteiger partial charge is 0.466 e. The molecule has 0 bridgehead atoms. The fraction of sp³-hybridized carbons (Fsp3) is 0.700. The summed E-state index contributed by atoms with van der Waals surface area (Å²) in [5, 5.41) is 16.8. The van der Waals surface area contributed by atoms with Crippen LogP contribution in [-0.2, 0) is 9.53 Å². The molecule has 0 saturated carbocycles. The maximum Gasteiger partial charge on any atom is 0.308 e. The van der Waals surface area contributed by atoms with Crippen LogP contribution in [-0.4, -0.2) is 12.6 Å². The first-order valence-corrected chi connectivity index (χ1v) is 4.66. The van der Waals surface area contributed by atoms with Crippen molar-refractivity contribution in [3.8, 4) is 12.1 Å². The lowest BCUT2D eigenvalue weighted by molar-refractivity contribution is -0.148. The quantitative estimate of drug-likeness (QED) is 0.604. The minimum absolute atomic E-state index is 0.294. The smallest absolute Gasteiger partial charge is 0.308 e. The summed E-state index contributed by atoms with van der Waals surface area (Å²) in [5.41, 5.74) is 0. The van der Waals surface area contributed by atoms with E-state index >= 15 is 0 Å². The lowest BCUT2D eigenvalue weighted by atomic mass is 9.98. The summed E-state index contributed by atoms with van der Waals surface area (Å²) >= 11 is 0. The molecule has 0 aromatic carbocycles. The molecule has 0 atom stereocenters. The van der Waals surface area contributed by atoms with Crippen LogP contribution in [0.15, 0.2) is 0 Å². The van der Waals surface area contributed by atoms with Gasteiger partial charge in [0.15, 0.2) is 0 Å². The van der Waals surface area contributed by atoms with E-state index in [4.69, 9.17) is 15.3 Å². The SMILES string of the molecule is CCOC(=O)C(CCC#N)CCC#N. The summed E-state index contributed by atoms with van der Waals surface area (Å²) in [7, 11) is 0. The van der Waals surface area contributed by atoms with E-state index < -0.39 is 0 Å². The molecule has 0 fully saturated rings. The summed E-state index contributed by atoms with van der Waals surface area (Å²) < 4.78 is 4.84. The van der Waals surface area contributed by atoms with E-state index in [9.17, 15) is 4.79 Å². The number of hydrogen-bond donors (Lipinski definition) is 0. The third-order valence-electron chi connectivity index (χ3n) is 1.83. The van der Waals surface area contributed by atoms with Crippen molar-refractivity contribution in [2.24, 2.45) is 5.92 Å². The molecular weight excluding hydrogens is 180 g/mol. The Labute approximate surface area is 84.1 Å². The molecule has 0 heterocycles. The zero-order valence-electron chi connectivity index (χ0n) is 8.32. The van der Waals surface area contributed by atoms with Crippen LogP contribution in [0.4, 0.5) is 0 Å². The van der Waals surface area contributed by atoms with E-state index in [2.05, 4.69) is 0 Å². The summed E-state index contributed by atoms with van der Waals surface area (Å²) in [5.74, 6) is -0.591. The maximum absolute atomic E-state index is 11.3. The highest BCUT2D eigenvalue weighted by Crippen LogP contribution is 2.14. The van der Waals surface area contributed by atoms with Crippen LogP contribution in [0.1, 0.15) is 32.6 Å². The molecule has 0 radical (unpaired) electrons. The zero-order valence-corrected chi connectivity index (χ0v) is 8.32. The summed E-state index contributed by atoms with van der Waals surface area (Å²) in [6.45, 7) is 2.08. The summed E-state index contributed by atoms with van der Waals surface area (Å²) in [6.07, 6.45) is 1.62. The maximum atomic E-state index is 11.3. The van der Waals surface area contributed by atoms with Crippen LogP contribution in [0.2, 0.25) is 0 Å². The Morgan fingerprint density at radius 3 is 2.14 bits per heavy atom. The normalized spacial score (nSPS) is 9.14. The van der Waals surface area contributed by atoms with Gasteiger partial charge in [-0.2, -0.15) is 10.5 Å². The van der Waals surface area contributed by atoms with Crippen molar-refractivity contribution >= 4 is 5.97 Å². The van der Waals surface area contributed by atoms with Crippen LogP contribution in [0.25, 0.3) is 0 Å². The van der Waals surface area contributed by atoms with Crippen LogP contribution in [0, 0.1) is 28.6 Å². The van der Waals surface area contributed by atoms with Gasteiger partial charge in [-0.3, -0.25) is 4.79 Å². The Morgan fingerprint density at radius 2 is 1.79 bits per heavy atom. The number of hydrogen-bond acceptors (Lipinski definition) is 4. The number of esters is 1. The summed E-state index contributed by atoms with van der Waals surface area (Å²) in [4.78, 5) is 11.3. The van der Waals surface area contributed by atoms with Crippen LogP contribution in [0.5, 0.6) is 0 Å². The second-order valence-electron chi connectivity index (χ2n) is 2.84. The first kappa shape index (κ1) is 12.4. The lowest BCUT2D eigenvalue weighted by Gasteiger charge is -2.11. The van der Waals surface area contributed by atoms with Crippen molar-refractivity contribution in [1.29, 1.82) is 10.5 Å². The van der Waals surface area contributed by atoms with E-state index in [-0.39, 0.29) is 11.9 Å². The summed E-state index contributed by atoms with van der Waals surface area (Å²) in [6, 6.07) is 3.96. The predicted octanol–water partition coefficient (Wildman–Crippen LogP) is 1.77. The molecule has 4 heteroatoms. The van der Waals surface area contributed by atoms with Crippen molar-refractivity contribution in [3.05, 3.63) is 0 Å². The van der Waals surface area contributed by atoms with Crippen LogP contribution >= 0.6 is 0 Å². The van der Waals surface area contributed by atoms with Gasteiger partial charge in [0.1, 0.15) is 0 Å². The molecule has 0 N–H and O–H groups in total. The highest BCUT2D eigenvalue weighted by Gasteiger charge is 2.18. The Balaban J connectivity index is 4.03. The van der Waals surface area contributed by atoms with E-state index in [1.807, 2.05) is 12.1 Å². The van der Waals surface area contributed by atoms with E-state index in [1.165, 1.54) is 0 Å². The van der Waals surface area contributed by atoms with Gasteiger partial charge in [-0.05, 0) is 19.8 Å². The lowest BCUT2D eigenvalue weighted by Crippen LogP contribution is -2.17. The molecule has 0 aromatic rings. The molecular formula is C10H14N2O2. The van der Waals surface area contributed by atoms with Gasteiger partial charge >= 0.3 is 5.97 Å². The minimum Gasteiger partial charge on any atom is -0.466 e. The van der Waals surface area contributed by atoms with Crippen molar-refractivity contribution in [1.82, 2.24) is 0 Å². The first-order chi connectivity index (χ1) is 6.76. The number of rotatable bonds is 6. The molecule has 0 aliphatic heterocycles. The van der Waals surface area contributed by atoms with Crippen LogP contribution < -0.4 is 0 Å². The van der Waals surface area contributed by atoms with Gasteiger partial charge < -0.3 is 4.74 Å². The average molecular weight is 194 g/mol. The molecule has 0 aliphatic rings. The fourth-order valence-electron chi connectivity index (χ4n) is 1.12. The number of nitrogens with zero attached hydrogens (tertiary/aromatic N) is 2.